The molecule has 0 saturated heterocycles. The van der Waals surface area contributed by atoms with Gasteiger partial charge in [-0.3, -0.25) is 14.8 Å². The maximum atomic E-state index is 8.99. The van der Waals surface area contributed by atoms with Crippen LogP contribution in [0.5, 0.6) is 0 Å². The first-order valence-corrected chi connectivity index (χ1v) is 10.5. The van der Waals surface area contributed by atoms with Crippen LogP contribution in [0.4, 0.5) is 0 Å². The standard InChI is InChI=1S/C22H31N7/c23-9-2-12-27-15-5-17-28(13-3-10-24)19-21-7-1-8-22(26-21)20-29(14-4-11-25)18-6-16-27/h1,7-8H,2-6,12-20H2. The lowest BCUT2D eigenvalue weighted by molar-refractivity contribution is 0.202. The maximum Gasteiger partial charge on any atom is 0.0635 e. The van der Waals surface area contributed by atoms with Gasteiger partial charge in [0.25, 0.3) is 0 Å². The quantitative estimate of drug-likeness (QED) is 0.733. The number of nitriles is 3. The molecule has 1 aromatic rings. The Morgan fingerprint density at radius 3 is 1.55 bits per heavy atom. The fourth-order valence-electron chi connectivity index (χ4n) is 3.70. The molecule has 0 aromatic carbocycles. The minimum Gasteiger partial charge on any atom is -0.302 e. The molecule has 0 aliphatic carbocycles. The van der Waals surface area contributed by atoms with E-state index < -0.39 is 0 Å². The number of aromatic nitrogens is 1. The van der Waals surface area contributed by atoms with Crippen molar-refractivity contribution in [2.45, 2.75) is 45.2 Å². The van der Waals surface area contributed by atoms with Crippen LogP contribution in [0.1, 0.15) is 43.5 Å². The van der Waals surface area contributed by atoms with Gasteiger partial charge in [-0.1, -0.05) is 6.07 Å². The minimum absolute atomic E-state index is 0.514. The summed E-state index contributed by atoms with van der Waals surface area (Å²) in [6, 6.07) is 12.9. The predicted octanol–water partition coefficient (Wildman–Crippen LogP) is 2.52. The SMILES string of the molecule is N#CCCN1CCCN(CCC#N)Cc2cccc(n2)CN(CCC#N)CCC1. The number of hydrogen-bond acceptors (Lipinski definition) is 7. The predicted molar refractivity (Wildman–Crippen MR) is 111 cm³/mol. The topological polar surface area (TPSA) is 94.0 Å². The monoisotopic (exact) mass is 393 g/mol. The van der Waals surface area contributed by atoms with Crippen LogP contribution in [-0.4, -0.2) is 65.5 Å². The van der Waals surface area contributed by atoms with Crippen LogP contribution in [0.3, 0.4) is 0 Å². The molecular weight excluding hydrogens is 362 g/mol. The number of fused-ring (bicyclic) bond motifs is 2. The zero-order chi connectivity index (χ0) is 20.7. The van der Waals surface area contributed by atoms with Crippen molar-refractivity contribution in [2.24, 2.45) is 0 Å². The molecule has 0 radical (unpaired) electrons. The van der Waals surface area contributed by atoms with Crippen LogP contribution < -0.4 is 0 Å². The van der Waals surface area contributed by atoms with Gasteiger partial charge in [0.2, 0.25) is 0 Å². The van der Waals surface area contributed by atoms with E-state index in [1.54, 1.807) is 0 Å². The Morgan fingerprint density at radius 2 is 1.10 bits per heavy atom. The van der Waals surface area contributed by atoms with Gasteiger partial charge in [0, 0.05) is 52.0 Å². The lowest BCUT2D eigenvalue weighted by Crippen LogP contribution is -2.34. The van der Waals surface area contributed by atoms with Gasteiger partial charge in [-0.25, -0.2) is 0 Å². The van der Waals surface area contributed by atoms with Crippen molar-refractivity contribution < 1.29 is 0 Å². The van der Waals surface area contributed by atoms with Gasteiger partial charge in [0.05, 0.1) is 29.6 Å². The Bertz CT molecular complexity index is 679. The van der Waals surface area contributed by atoms with E-state index in [9.17, 15) is 0 Å². The third-order valence-electron chi connectivity index (χ3n) is 5.15. The Kier molecular flexibility index (Phi) is 10.7. The number of pyridine rings is 1. The minimum atomic E-state index is 0.514. The van der Waals surface area contributed by atoms with Gasteiger partial charge in [0.1, 0.15) is 0 Å². The highest BCUT2D eigenvalue weighted by Crippen LogP contribution is 2.10. The Labute approximate surface area is 174 Å². The van der Waals surface area contributed by atoms with Crippen molar-refractivity contribution in [3.8, 4) is 18.2 Å². The second-order valence-corrected chi connectivity index (χ2v) is 7.45. The molecule has 154 valence electrons. The fourth-order valence-corrected chi connectivity index (χ4v) is 3.70. The maximum absolute atomic E-state index is 8.99. The molecule has 0 saturated carbocycles. The van der Waals surface area contributed by atoms with Crippen LogP contribution in [0, 0.1) is 34.0 Å². The summed E-state index contributed by atoms with van der Waals surface area (Å²) in [7, 11) is 0. The van der Waals surface area contributed by atoms with Gasteiger partial charge in [-0.2, -0.15) is 15.8 Å². The molecule has 1 aliphatic heterocycles. The van der Waals surface area contributed by atoms with E-state index in [4.69, 9.17) is 20.8 Å². The highest BCUT2D eigenvalue weighted by molar-refractivity contribution is 5.11. The highest BCUT2D eigenvalue weighted by atomic mass is 15.2. The van der Waals surface area contributed by atoms with E-state index in [1.165, 1.54) is 0 Å². The van der Waals surface area contributed by atoms with Crippen molar-refractivity contribution in [3.05, 3.63) is 29.6 Å². The molecule has 2 heterocycles. The van der Waals surface area contributed by atoms with Crippen molar-refractivity contribution in [2.75, 3.05) is 45.8 Å². The van der Waals surface area contributed by atoms with E-state index in [2.05, 4.69) is 39.0 Å². The van der Waals surface area contributed by atoms with Crippen LogP contribution in [0.25, 0.3) is 0 Å². The van der Waals surface area contributed by atoms with Crippen molar-refractivity contribution >= 4 is 0 Å². The molecule has 2 rings (SSSR count). The lowest BCUT2D eigenvalue weighted by Gasteiger charge is -2.27. The van der Waals surface area contributed by atoms with E-state index in [-0.39, 0.29) is 0 Å². The van der Waals surface area contributed by atoms with Crippen LogP contribution in [-0.2, 0) is 13.1 Å². The van der Waals surface area contributed by atoms with Crippen molar-refractivity contribution in [3.63, 3.8) is 0 Å². The van der Waals surface area contributed by atoms with E-state index in [0.717, 1.165) is 83.1 Å². The summed E-state index contributed by atoms with van der Waals surface area (Å²) < 4.78 is 0. The zero-order valence-corrected chi connectivity index (χ0v) is 17.3. The van der Waals surface area contributed by atoms with Gasteiger partial charge >= 0.3 is 0 Å². The van der Waals surface area contributed by atoms with Gasteiger partial charge in [-0.05, 0) is 51.2 Å². The smallest absolute Gasteiger partial charge is 0.0635 e. The summed E-state index contributed by atoms with van der Waals surface area (Å²) in [5.41, 5.74) is 2.05. The molecule has 1 aliphatic rings. The summed E-state index contributed by atoms with van der Waals surface area (Å²) in [6.45, 7) is 7.53. The second kappa shape index (κ2) is 13.6. The highest BCUT2D eigenvalue weighted by Gasteiger charge is 2.13. The molecule has 0 amide bonds. The first-order chi connectivity index (χ1) is 14.2. The normalized spacial score (nSPS) is 17.6. The van der Waals surface area contributed by atoms with Gasteiger partial charge < -0.3 is 4.90 Å². The van der Waals surface area contributed by atoms with E-state index >= 15 is 0 Å². The molecule has 2 bridgehead atoms. The Morgan fingerprint density at radius 1 is 0.690 bits per heavy atom. The molecule has 29 heavy (non-hydrogen) atoms. The molecule has 7 heteroatoms. The Hall–Kier alpha value is -2.50. The number of rotatable bonds is 6. The molecule has 0 spiro atoms. The van der Waals surface area contributed by atoms with Crippen molar-refractivity contribution in [1.29, 1.82) is 15.8 Å². The third-order valence-corrected chi connectivity index (χ3v) is 5.15. The molecule has 0 N–H and O–H groups in total. The largest absolute Gasteiger partial charge is 0.302 e. The fraction of sp³-hybridized carbons (Fsp3) is 0.636. The molecule has 0 atom stereocenters. The first kappa shape index (κ1) is 22.8. The molecule has 0 fully saturated rings. The first-order valence-electron chi connectivity index (χ1n) is 10.5. The third kappa shape index (κ3) is 9.03. The van der Waals surface area contributed by atoms with E-state index in [0.29, 0.717) is 19.3 Å². The Balaban J connectivity index is 2.14. The second-order valence-electron chi connectivity index (χ2n) is 7.45. The zero-order valence-electron chi connectivity index (χ0n) is 17.3. The summed E-state index contributed by atoms with van der Waals surface area (Å²) in [5.74, 6) is 0. The molecule has 0 unspecified atom stereocenters. The molecule has 7 nitrogen and oxygen atoms in total. The summed E-state index contributed by atoms with van der Waals surface area (Å²) >= 11 is 0. The number of nitrogens with zero attached hydrogens (tertiary/aromatic N) is 7. The summed E-state index contributed by atoms with van der Waals surface area (Å²) in [4.78, 5) is 11.8. The summed E-state index contributed by atoms with van der Waals surface area (Å²) in [5, 5.41) is 26.9. The number of hydrogen-bond donors (Lipinski definition) is 0. The van der Waals surface area contributed by atoms with Crippen molar-refractivity contribution in [1.82, 2.24) is 19.7 Å². The summed E-state index contributed by atoms with van der Waals surface area (Å²) in [6.07, 6.45) is 3.59. The van der Waals surface area contributed by atoms with Gasteiger partial charge in [0.15, 0.2) is 0 Å². The lowest BCUT2D eigenvalue weighted by atomic mass is 10.2. The van der Waals surface area contributed by atoms with Gasteiger partial charge in [-0.15, -0.1) is 0 Å². The van der Waals surface area contributed by atoms with E-state index in [1.807, 2.05) is 12.1 Å². The molecular formula is C22H31N7. The van der Waals surface area contributed by atoms with Crippen LogP contribution >= 0.6 is 0 Å². The average Bonchev–Trinajstić information content (AvgIpc) is 2.73. The van der Waals surface area contributed by atoms with Crippen LogP contribution in [0.2, 0.25) is 0 Å². The van der Waals surface area contributed by atoms with Crippen LogP contribution in [0.15, 0.2) is 18.2 Å². The average molecular weight is 394 g/mol. The molecule has 1 aromatic heterocycles.